The predicted octanol–water partition coefficient (Wildman–Crippen LogP) is 4.99. The first-order valence-corrected chi connectivity index (χ1v) is 12.5. The van der Waals surface area contributed by atoms with Gasteiger partial charge in [-0.1, -0.05) is 72.3 Å². The van der Waals surface area contributed by atoms with Crippen LogP contribution in [0.2, 0.25) is 10.4 Å². The van der Waals surface area contributed by atoms with Crippen molar-refractivity contribution in [1.82, 2.24) is 19.5 Å². The molecule has 2 fully saturated rings. The van der Waals surface area contributed by atoms with Crippen LogP contribution in [0.5, 0.6) is 0 Å². The topological polar surface area (TPSA) is 80.5 Å². The average molecular weight is 527 g/mol. The zero-order valence-electron chi connectivity index (χ0n) is 19.3. The second kappa shape index (κ2) is 10.0. The maximum Gasteiger partial charge on any atom is 0.225 e. The lowest BCUT2D eigenvalue weighted by Gasteiger charge is -2.38. The normalized spacial score (nSPS) is 25.4. The molecule has 2 aromatic carbocycles. The van der Waals surface area contributed by atoms with Crippen LogP contribution in [0.3, 0.4) is 0 Å². The molecule has 4 aromatic rings. The highest BCUT2D eigenvalue weighted by Gasteiger charge is 2.60. The Kier molecular flexibility index (Phi) is 6.64. The molecule has 6 rings (SSSR count). The molecule has 0 spiro atoms. The first-order chi connectivity index (χ1) is 17.6. The number of halogens is 2. The Morgan fingerprint density at radius 2 is 1.69 bits per heavy atom. The SMILES string of the molecule is Clc1nc(Cl)c2ncn(C3O[C@@]4(COCc5ccccc5)CCOC3C4OCc3ccccc3)c2n1. The molecule has 0 amide bonds. The van der Waals surface area contributed by atoms with Gasteiger partial charge in [-0.2, -0.15) is 4.98 Å². The maximum atomic E-state index is 6.75. The van der Waals surface area contributed by atoms with Gasteiger partial charge in [0.2, 0.25) is 5.28 Å². The van der Waals surface area contributed by atoms with E-state index in [1.54, 1.807) is 10.9 Å². The Morgan fingerprint density at radius 3 is 2.44 bits per heavy atom. The van der Waals surface area contributed by atoms with Gasteiger partial charge in [0.25, 0.3) is 0 Å². The van der Waals surface area contributed by atoms with Gasteiger partial charge < -0.3 is 18.9 Å². The Balaban J connectivity index is 1.31. The summed E-state index contributed by atoms with van der Waals surface area (Å²) in [4.78, 5) is 12.8. The van der Waals surface area contributed by atoms with E-state index in [-0.39, 0.29) is 16.5 Å². The van der Waals surface area contributed by atoms with Crippen molar-refractivity contribution in [2.75, 3.05) is 13.2 Å². The van der Waals surface area contributed by atoms with Gasteiger partial charge in [-0.15, -0.1) is 0 Å². The maximum absolute atomic E-state index is 6.75. The number of fused-ring (bicyclic) bond motifs is 3. The second-order valence-electron chi connectivity index (χ2n) is 8.96. The third-order valence-electron chi connectivity index (χ3n) is 6.65. The molecule has 186 valence electrons. The highest BCUT2D eigenvalue weighted by Crippen LogP contribution is 2.47. The molecule has 4 heterocycles. The molecule has 4 atom stereocenters. The molecule has 2 saturated heterocycles. The molecule has 0 aliphatic carbocycles. The molecule has 3 unspecified atom stereocenters. The molecular weight excluding hydrogens is 503 g/mol. The van der Waals surface area contributed by atoms with E-state index in [4.69, 9.17) is 42.1 Å². The first-order valence-electron chi connectivity index (χ1n) is 11.8. The quantitative estimate of drug-likeness (QED) is 0.236. The Bertz CT molecular complexity index is 1340. The van der Waals surface area contributed by atoms with E-state index in [1.807, 2.05) is 60.7 Å². The van der Waals surface area contributed by atoms with Crippen LogP contribution >= 0.6 is 23.2 Å². The van der Waals surface area contributed by atoms with Crippen LogP contribution in [0.1, 0.15) is 23.8 Å². The van der Waals surface area contributed by atoms with Crippen molar-refractivity contribution >= 4 is 34.4 Å². The molecule has 10 heteroatoms. The number of nitrogens with zero attached hydrogens (tertiary/aromatic N) is 4. The van der Waals surface area contributed by atoms with Gasteiger partial charge in [0, 0.05) is 6.42 Å². The summed E-state index contributed by atoms with van der Waals surface area (Å²) in [6, 6.07) is 20.1. The molecule has 2 aromatic heterocycles. The highest BCUT2D eigenvalue weighted by atomic mass is 35.5. The molecule has 36 heavy (non-hydrogen) atoms. The van der Waals surface area contributed by atoms with Crippen LogP contribution in [0.25, 0.3) is 11.2 Å². The smallest absolute Gasteiger partial charge is 0.225 e. The summed E-state index contributed by atoms with van der Waals surface area (Å²) in [6.45, 7) is 1.76. The number of hydrogen-bond donors (Lipinski definition) is 0. The van der Waals surface area contributed by atoms with E-state index in [9.17, 15) is 0 Å². The summed E-state index contributed by atoms with van der Waals surface area (Å²) in [5, 5.41) is 0.220. The fraction of sp³-hybridized carbons (Fsp3) is 0.346. The van der Waals surface area contributed by atoms with Crippen LogP contribution < -0.4 is 0 Å². The zero-order valence-corrected chi connectivity index (χ0v) is 20.8. The summed E-state index contributed by atoms with van der Waals surface area (Å²) in [5.41, 5.74) is 2.37. The van der Waals surface area contributed by atoms with Crippen molar-refractivity contribution in [2.45, 2.75) is 43.7 Å². The minimum atomic E-state index is -0.714. The summed E-state index contributed by atoms with van der Waals surface area (Å²) >= 11 is 12.4. The van der Waals surface area contributed by atoms with E-state index in [0.29, 0.717) is 44.0 Å². The minimum absolute atomic E-state index is 0.0360. The lowest BCUT2D eigenvalue weighted by Crippen LogP contribution is -2.53. The van der Waals surface area contributed by atoms with Crippen molar-refractivity contribution in [2.24, 2.45) is 0 Å². The molecule has 0 saturated carbocycles. The van der Waals surface area contributed by atoms with Gasteiger partial charge in [-0.3, -0.25) is 4.57 Å². The fourth-order valence-electron chi connectivity index (χ4n) is 4.93. The van der Waals surface area contributed by atoms with Gasteiger partial charge in [0.05, 0.1) is 32.8 Å². The van der Waals surface area contributed by atoms with Crippen molar-refractivity contribution in [3.63, 3.8) is 0 Å². The third kappa shape index (κ3) is 4.49. The van der Waals surface area contributed by atoms with Crippen LogP contribution in [0.4, 0.5) is 0 Å². The number of imidazole rings is 1. The molecule has 2 aliphatic heterocycles. The fourth-order valence-corrected chi connectivity index (χ4v) is 5.35. The van der Waals surface area contributed by atoms with Gasteiger partial charge in [0.1, 0.15) is 23.3 Å². The Hall–Kier alpha value is -2.59. The summed E-state index contributed by atoms with van der Waals surface area (Å²) < 4.78 is 27.5. The van der Waals surface area contributed by atoms with Crippen molar-refractivity contribution in [1.29, 1.82) is 0 Å². The highest BCUT2D eigenvalue weighted by molar-refractivity contribution is 6.35. The van der Waals surface area contributed by atoms with Gasteiger partial charge in [-0.05, 0) is 22.7 Å². The van der Waals surface area contributed by atoms with E-state index in [2.05, 4.69) is 15.0 Å². The summed E-state index contributed by atoms with van der Waals surface area (Å²) in [5.74, 6) is 0. The Labute approximate surface area is 218 Å². The summed E-state index contributed by atoms with van der Waals surface area (Å²) in [6.07, 6.45) is 0.909. The second-order valence-corrected chi connectivity index (χ2v) is 9.66. The van der Waals surface area contributed by atoms with E-state index < -0.39 is 17.9 Å². The number of hydrogen-bond acceptors (Lipinski definition) is 7. The number of aromatic nitrogens is 4. The zero-order chi connectivity index (χ0) is 24.5. The molecule has 8 nitrogen and oxygen atoms in total. The van der Waals surface area contributed by atoms with Crippen LogP contribution in [-0.2, 0) is 32.2 Å². The van der Waals surface area contributed by atoms with E-state index >= 15 is 0 Å². The number of rotatable bonds is 8. The van der Waals surface area contributed by atoms with E-state index in [1.165, 1.54) is 0 Å². The largest absolute Gasteiger partial charge is 0.374 e. The number of benzene rings is 2. The predicted molar refractivity (Wildman–Crippen MR) is 134 cm³/mol. The lowest BCUT2D eigenvalue weighted by atomic mass is 9.90. The van der Waals surface area contributed by atoms with Crippen molar-refractivity contribution in [3.05, 3.63) is 88.6 Å². The van der Waals surface area contributed by atoms with Crippen LogP contribution in [0.15, 0.2) is 67.0 Å². The first kappa shape index (κ1) is 23.8. The van der Waals surface area contributed by atoms with Crippen LogP contribution in [-0.4, -0.2) is 50.5 Å². The van der Waals surface area contributed by atoms with Crippen molar-refractivity contribution in [3.8, 4) is 0 Å². The molecule has 2 aliphatic rings. The third-order valence-corrected chi connectivity index (χ3v) is 7.08. The molecule has 0 N–H and O–H groups in total. The average Bonchev–Trinajstić information content (AvgIpc) is 3.38. The molecular formula is C26H24Cl2N4O4. The monoisotopic (exact) mass is 526 g/mol. The molecule has 0 radical (unpaired) electrons. The van der Waals surface area contributed by atoms with Gasteiger partial charge in [-0.25, -0.2) is 9.97 Å². The van der Waals surface area contributed by atoms with Gasteiger partial charge >= 0.3 is 0 Å². The number of ether oxygens (including phenoxy) is 4. The van der Waals surface area contributed by atoms with Gasteiger partial charge in [0.15, 0.2) is 17.0 Å². The standard InChI is InChI=1S/C26H24Cl2N4O4/c27-22-19-23(31-25(28)30-22)32(16-29-19)24-20-21(35-14-18-9-5-2-6-10-18)26(36-24,11-12-34-20)15-33-13-17-7-3-1-4-8-17/h1-10,16,20-21,24H,11-15H2/t20?,21?,24?,26-/m1/s1. The lowest BCUT2D eigenvalue weighted by molar-refractivity contribution is -0.178. The van der Waals surface area contributed by atoms with E-state index in [0.717, 1.165) is 11.1 Å². The minimum Gasteiger partial charge on any atom is -0.374 e. The Morgan fingerprint density at radius 1 is 0.972 bits per heavy atom. The molecule has 2 bridgehead atoms. The van der Waals surface area contributed by atoms with Crippen LogP contribution in [0, 0.1) is 0 Å². The van der Waals surface area contributed by atoms with Crippen molar-refractivity contribution < 1.29 is 18.9 Å². The summed E-state index contributed by atoms with van der Waals surface area (Å²) in [7, 11) is 0.